The van der Waals surface area contributed by atoms with Gasteiger partial charge in [0.2, 0.25) is 5.82 Å². The van der Waals surface area contributed by atoms with E-state index in [-0.39, 0.29) is 23.0 Å². The molecule has 0 aliphatic rings. The predicted molar refractivity (Wildman–Crippen MR) is 58.8 cm³/mol. The first-order valence-electron chi connectivity index (χ1n) is 4.74. The van der Waals surface area contributed by atoms with Gasteiger partial charge in [-0.1, -0.05) is 0 Å². The Labute approximate surface area is 105 Å². The molecule has 0 aromatic carbocycles. The van der Waals surface area contributed by atoms with Gasteiger partial charge in [-0.3, -0.25) is 4.79 Å². The number of ether oxygens (including phenoxy) is 1. The standard InChI is InChI=1S/C9H10F3N3O2S/c1-17-7(16)2-3-18-6-4-5(13)14-8(15-6)9(10,11)12/h4H,2-3H2,1H3,(H2,13,14,15). The predicted octanol–water partition coefficient (Wildman–Crippen LogP) is 1.73. The molecule has 0 amide bonds. The molecule has 0 spiro atoms. The fraction of sp³-hybridized carbons (Fsp3) is 0.444. The zero-order valence-electron chi connectivity index (χ0n) is 9.32. The van der Waals surface area contributed by atoms with Crippen LogP contribution in [-0.2, 0) is 15.7 Å². The van der Waals surface area contributed by atoms with Gasteiger partial charge >= 0.3 is 12.1 Å². The summed E-state index contributed by atoms with van der Waals surface area (Å²) < 4.78 is 41.6. The number of alkyl halides is 3. The second kappa shape index (κ2) is 5.89. The number of thioether (sulfide) groups is 1. The summed E-state index contributed by atoms with van der Waals surface area (Å²) >= 11 is 0.977. The molecule has 0 saturated heterocycles. The molecular weight excluding hydrogens is 271 g/mol. The first kappa shape index (κ1) is 14.6. The van der Waals surface area contributed by atoms with Crippen molar-refractivity contribution >= 4 is 23.5 Å². The molecule has 1 heterocycles. The van der Waals surface area contributed by atoms with E-state index in [1.807, 2.05) is 0 Å². The lowest BCUT2D eigenvalue weighted by molar-refractivity contribution is -0.145. The molecule has 18 heavy (non-hydrogen) atoms. The Morgan fingerprint density at radius 1 is 1.50 bits per heavy atom. The highest BCUT2D eigenvalue weighted by atomic mass is 32.2. The number of methoxy groups -OCH3 is 1. The minimum atomic E-state index is -4.65. The first-order chi connectivity index (χ1) is 8.32. The zero-order chi connectivity index (χ0) is 13.8. The van der Waals surface area contributed by atoms with Crippen molar-refractivity contribution in [2.75, 3.05) is 18.6 Å². The molecule has 0 fully saturated rings. The third-order valence-electron chi connectivity index (χ3n) is 1.76. The summed E-state index contributed by atoms with van der Waals surface area (Å²) in [6, 6.07) is 1.22. The van der Waals surface area contributed by atoms with Crippen LogP contribution in [-0.4, -0.2) is 28.8 Å². The summed E-state index contributed by atoms with van der Waals surface area (Å²) in [7, 11) is 1.23. The van der Waals surface area contributed by atoms with Gasteiger partial charge in [0.25, 0.3) is 0 Å². The molecule has 0 bridgehead atoms. The van der Waals surface area contributed by atoms with Crippen molar-refractivity contribution < 1.29 is 22.7 Å². The minimum absolute atomic E-state index is 0.0683. The number of halogens is 3. The molecule has 0 aliphatic carbocycles. The molecular formula is C9H10F3N3O2S. The first-order valence-corrected chi connectivity index (χ1v) is 5.73. The number of nitrogen functional groups attached to an aromatic ring is 1. The molecule has 1 aromatic heterocycles. The molecule has 0 saturated carbocycles. The number of hydrogen-bond donors (Lipinski definition) is 1. The van der Waals surface area contributed by atoms with E-state index < -0.39 is 18.0 Å². The Hall–Kier alpha value is -1.51. The summed E-state index contributed by atoms with van der Waals surface area (Å²) in [6.07, 6.45) is -4.57. The van der Waals surface area contributed by atoms with E-state index in [4.69, 9.17) is 5.73 Å². The highest BCUT2D eigenvalue weighted by Gasteiger charge is 2.35. The third kappa shape index (κ3) is 4.40. The number of aromatic nitrogens is 2. The van der Waals surface area contributed by atoms with Crippen LogP contribution in [0, 0.1) is 0 Å². The topological polar surface area (TPSA) is 78.1 Å². The van der Waals surface area contributed by atoms with Crippen LogP contribution in [0.3, 0.4) is 0 Å². The summed E-state index contributed by atoms with van der Waals surface area (Å²) in [6.45, 7) is 0. The van der Waals surface area contributed by atoms with Crippen LogP contribution >= 0.6 is 11.8 Å². The quantitative estimate of drug-likeness (QED) is 0.514. The van der Waals surface area contributed by atoms with Crippen molar-refractivity contribution in [1.29, 1.82) is 0 Å². The van der Waals surface area contributed by atoms with E-state index in [1.165, 1.54) is 13.2 Å². The Balaban J connectivity index is 2.72. The summed E-state index contributed by atoms with van der Waals surface area (Å²) in [5, 5.41) is 0.0683. The number of nitrogens with zero attached hydrogens (tertiary/aromatic N) is 2. The van der Waals surface area contributed by atoms with Crippen LogP contribution in [0.15, 0.2) is 11.1 Å². The summed E-state index contributed by atoms with van der Waals surface area (Å²) in [4.78, 5) is 17.2. The SMILES string of the molecule is COC(=O)CCSc1cc(N)nc(C(F)(F)F)n1. The largest absolute Gasteiger partial charge is 0.469 e. The van der Waals surface area contributed by atoms with Gasteiger partial charge in [-0.15, -0.1) is 11.8 Å². The molecule has 0 unspecified atom stereocenters. The number of hydrogen-bond acceptors (Lipinski definition) is 6. The lowest BCUT2D eigenvalue weighted by atomic mass is 10.5. The zero-order valence-corrected chi connectivity index (χ0v) is 10.1. The van der Waals surface area contributed by atoms with E-state index in [1.54, 1.807) is 0 Å². The van der Waals surface area contributed by atoms with Crippen LogP contribution in [0.2, 0.25) is 0 Å². The summed E-state index contributed by atoms with van der Waals surface area (Å²) in [5.41, 5.74) is 5.26. The Morgan fingerprint density at radius 3 is 2.72 bits per heavy atom. The monoisotopic (exact) mass is 281 g/mol. The summed E-state index contributed by atoms with van der Waals surface area (Å²) in [5.74, 6) is -1.75. The number of esters is 1. The molecule has 1 aromatic rings. The van der Waals surface area contributed by atoms with Crippen LogP contribution < -0.4 is 5.73 Å². The van der Waals surface area contributed by atoms with Crippen molar-refractivity contribution in [3.05, 3.63) is 11.9 Å². The van der Waals surface area contributed by atoms with Gasteiger partial charge in [-0.05, 0) is 0 Å². The fourth-order valence-electron chi connectivity index (χ4n) is 0.984. The molecule has 2 N–H and O–H groups in total. The Morgan fingerprint density at radius 2 is 2.17 bits per heavy atom. The molecule has 5 nitrogen and oxygen atoms in total. The van der Waals surface area contributed by atoms with E-state index in [9.17, 15) is 18.0 Å². The number of nitrogens with two attached hydrogens (primary N) is 1. The highest BCUT2D eigenvalue weighted by molar-refractivity contribution is 7.99. The molecule has 0 radical (unpaired) electrons. The molecule has 0 aliphatic heterocycles. The molecule has 9 heteroatoms. The molecule has 100 valence electrons. The van der Waals surface area contributed by atoms with Gasteiger partial charge in [0.05, 0.1) is 13.5 Å². The van der Waals surface area contributed by atoms with E-state index in [0.29, 0.717) is 0 Å². The molecule has 1 rings (SSSR count). The van der Waals surface area contributed by atoms with Crippen LogP contribution in [0.4, 0.5) is 19.0 Å². The Bertz CT molecular complexity index is 440. The second-order valence-corrected chi connectivity index (χ2v) is 4.24. The molecule has 0 atom stereocenters. The van der Waals surface area contributed by atoms with E-state index >= 15 is 0 Å². The maximum absolute atomic E-state index is 12.4. The number of anilines is 1. The van der Waals surface area contributed by atoms with Crippen molar-refractivity contribution in [3.8, 4) is 0 Å². The van der Waals surface area contributed by atoms with Gasteiger partial charge < -0.3 is 10.5 Å². The highest BCUT2D eigenvalue weighted by Crippen LogP contribution is 2.29. The Kier molecular flexibility index (Phi) is 4.76. The van der Waals surface area contributed by atoms with Crippen LogP contribution in [0.25, 0.3) is 0 Å². The lowest BCUT2D eigenvalue weighted by Crippen LogP contribution is -2.13. The maximum atomic E-state index is 12.4. The third-order valence-corrected chi connectivity index (χ3v) is 2.67. The van der Waals surface area contributed by atoms with Crippen molar-refractivity contribution in [2.24, 2.45) is 0 Å². The van der Waals surface area contributed by atoms with Gasteiger partial charge in [0, 0.05) is 11.8 Å². The average Bonchev–Trinajstić information content (AvgIpc) is 2.27. The fourth-order valence-corrected chi connectivity index (χ4v) is 1.82. The van der Waals surface area contributed by atoms with Gasteiger partial charge in [0.1, 0.15) is 10.8 Å². The number of carbonyl (C=O) groups is 1. The lowest BCUT2D eigenvalue weighted by Gasteiger charge is -2.07. The number of carbonyl (C=O) groups excluding carboxylic acids is 1. The number of rotatable bonds is 4. The van der Waals surface area contributed by atoms with Crippen LogP contribution in [0.1, 0.15) is 12.2 Å². The normalized spacial score (nSPS) is 11.3. The minimum Gasteiger partial charge on any atom is -0.469 e. The second-order valence-electron chi connectivity index (χ2n) is 3.13. The van der Waals surface area contributed by atoms with E-state index in [2.05, 4.69) is 14.7 Å². The smallest absolute Gasteiger partial charge is 0.451 e. The van der Waals surface area contributed by atoms with Crippen molar-refractivity contribution in [1.82, 2.24) is 9.97 Å². The van der Waals surface area contributed by atoms with Gasteiger partial charge in [-0.25, -0.2) is 9.97 Å². The average molecular weight is 281 g/mol. The maximum Gasteiger partial charge on any atom is 0.451 e. The van der Waals surface area contributed by atoms with Crippen molar-refractivity contribution in [2.45, 2.75) is 17.6 Å². The van der Waals surface area contributed by atoms with Crippen LogP contribution in [0.5, 0.6) is 0 Å². The van der Waals surface area contributed by atoms with Crippen molar-refractivity contribution in [3.63, 3.8) is 0 Å². The van der Waals surface area contributed by atoms with Gasteiger partial charge in [0.15, 0.2) is 0 Å². The van der Waals surface area contributed by atoms with Gasteiger partial charge in [-0.2, -0.15) is 13.2 Å². The van der Waals surface area contributed by atoms with E-state index in [0.717, 1.165) is 11.8 Å².